The molecule has 1 unspecified atom stereocenters. The zero-order valence-corrected chi connectivity index (χ0v) is 20.1. The Morgan fingerprint density at radius 3 is 2.74 bits per heavy atom. The van der Waals surface area contributed by atoms with Gasteiger partial charge >= 0.3 is 0 Å². The van der Waals surface area contributed by atoms with Gasteiger partial charge in [-0.25, -0.2) is 4.98 Å². The van der Waals surface area contributed by atoms with E-state index in [2.05, 4.69) is 27.1 Å². The molecule has 2 fully saturated rings. The number of carbonyl (C=O) groups excluding carboxylic acids is 2. The van der Waals surface area contributed by atoms with Crippen LogP contribution in [0, 0.1) is 11.3 Å². The van der Waals surface area contributed by atoms with Crippen molar-refractivity contribution in [3.8, 4) is 0 Å². The number of nitrogens with zero attached hydrogens (tertiary/aromatic N) is 3. The molecule has 0 radical (unpaired) electrons. The molecule has 7 heteroatoms. The highest BCUT2D eigenvalue weighted by Crippen LogP contribution is 2.61. The maximum Gasteiger partial charge on any atom is 0.253 e. The van der Waals surface area contributed by atoms with E-state index in [9.17, 15) is 9.59 Å². The summed E-state index contributed by atoms with van der Waals surface area (Å²) in [5.74, 6) is 1.20. The fourth-order valence-electron chi connectivity index (χ4n) is 5.78. The van der Waals surface area contributed by atoms with Crippen molar-refractivity contribution in [1.29, 1.82) is 0 Å². The summed E-state index contributed by atoms with van der Waals surface area (Å²) >= 11 is 0. The summed E-state index contributed by atoms with van der Waals surface area (Å²) in [7, 11) is 0. The van der Waals surface area contributed by atoms with E-state index in [0.29, 0.717) is 41.2 Å². The molecule has 2 aromatic heterocycles. The van der Waals surface area contributed by atoms with E-state index in [4.69, 9.17) is 4.98 Å². The maximum absolute atomic E-state index is 13.5. The molecule has 1 aromatic carbocycles. The molecule has 0 aliphatic heterocycles. The number of carbonyl (C=O) groups is 2. The smallest absolute Gasteiger partial charge is 0.253 e. The molecule has 3 aromatic rings. The molecule has 2 heterocycles. The molecule has 5 rings (SSSR count). The van der Waals surface area contributed by atoms with Gasteiger partial charge in [-0.15, -0.1) is 0 Å². The Morgan fingerprint density at radius 2 is 2.03 bits per heavy atom. The third-order valence-corrected chi connectivity index (χ3v) is 7.58. The lowest BCUT2D eigenvalue weighted by Gasteiger charge is -2.22. The number of rotatable bonds is 7. The van der Waals surface area contributed by atoms with Gasteiger partial charge in [-0.2, -0.15) is 0 Å². The van der Waals surface area contributed by atoms with Crippen LogP contribution in [-0.4, -0.2) is 32.9 Å². The quantitative estimate of drug-likeness (QED) is 0.536. The number of aromatic nitrogens is 3. The van der Waals surface area contributed by atoms with Crippen molar-refractivity contribution in [2.75, 3.05) is 11.9 Å². The molecule has 0 bridgehead atoms. The van der Waals surface area contributed by atoms with Crippen LogP contribution in [0.25, 0.3) is 11.0 Å². The minimum Gasteiger partial charge on any atom is -0.352 e. The van der Waals surface area contributed by atoms with Crippen molar-refractivity contribution >= 4 is 28.5 Å². The van der Waals surface area contributed by atoms with Gasteiger partial charge in [0.05, 0.1) is 23.1 Å². The number of amides is 2. The van der Waals surface area contributed by atoms with Crippen LogP contribution in [0.1, 0.15) is 74.1 Å². The Morgan fingerprint density at radius 1 is 1.21 bits per heavy atom. The van der Waals surface area contributed by atoms with Crippen molar-refractivity contribution in [3.63, 3.8) is 0 Å². The zero-order chi connectivity index (χ0) is 23.7. The largest absolute Gasteiger partial charge is 0.352 e. The molecule has 2 aliphatic carbocycles. The number of anilines is 1. The lowest BCUT2D eigenvalue weighted by Crippen LogP contribution is -2.28. The molecular weight excluding hydrogens is 426 g/mol. The molecule has 2 N–H and O–H groups in total. The SMILES string of the molecule is CCc1nc2cc(NC(C)=O)cc(C(=O)NCC3CC34CCCCC4)c2n1Cc1cccnc1. The van der Waals surface area contributed by atoms with Gasteiger partial charge in [-0.3, -0.25) is 14.6 Å². The predicted molar refractivity (Wildman–Crippen MR) is 133 cm³/mol. The fourth-order valence-corrected chi connectivity index (χ4v) is 5.78. The van der Waals surface area contributed by atoms with Crippen molar-refractivity contribution < 1.29 is 9.59 Å². The van der Waals surface area contributed by atoms with Crippen LogP contribution in [0.4, 0.5) is 5.69 Å². The summed E-state index contributed by atoms with van der Waals surface area (Å²) in [4.78, 5) is 34.3. The van der Waals surface area contributed by atoms with Crippen LogP contribution < -0.4 is 10.6 Å². The number of fused-ring (bicyclic) bond motifs is 1. The molecule has 34 heavy (non-hydrogen) atoms. The Kier molecular flexibility index (Phi) is 6.11. The van der Waals surface area contributed by atoms with E-state index in [0.717, 1.165) is 23.3 Å². The summed E-state index contributed by atoms with van der Waals surface area (Å²) in [5, 5.41) is 6.05. The molecule has 2 amide bonds. The standard InChI is InChI=1S/C27H33N5O2/c1-3-24-31-23-13-21(30-18(2)33)12-22(25(23)32(24)17-19-8-7-11-28-15-19)26(34)29-16-20-14-27(20)9-5-4-6-10-27/h7-8,11-13,15,20H,3-6,9-10,14,16-17H2,1-2H3,(H,29,34)(H,30,33). The molecule has 1 spiro atoms. The van der Waals surface area contributed by atoms with Crippen LogP contribution >= 0.6 is 0 Å². The van der Waals surface area contributed by atoms with Gasteiger partial charge in [0.25, 0.3) is 5.91 Å². The fraction of sp³-hybridized carbons (Fsp3) is 0.481. The first-order valence-corrected chi connectivity index (χ1v) is 12.5. The average molecular weight is 460 g/mol. The van der Waals surface area contributed by atoms with Gasteiger partial charge in [0.2, 0.25) is 5.91 Å². The second kappa shape index (κ2) is 9.20. The number of hydrogen-bond acceptors (Lipinski definition) is 4. The minimum atomic E-state index is -0.173. The third-order valence-electron chi connectivity index (χ3n) is 7.58. The van der Waals surface area contributed by atoms with Crippen molar-refractivity contribution in [2.24, 2.45) is 11.3 Å². The third kappa shape index (κ3) is 4.43. The normalized spacial score (nSPS) is 18.7. The molecule has 2 aliphatic rings. The molecule has 0 saturated heterocycles. The van der Waals surface area contributed by atoms with E-state index < -0.39 is 0 Å². The number of pyridine rings is 1. The first kappa shape index (κ1) is 22.6. The van der Waals surface area contributed by atoms with Gasteiger partial charge in [0.1, 0.15) is 5.82 Å². The van der Waals surface area contributed by atoms with E-state index in [-0.39, 0.29) is 11.8 Å². The van der Waals surface area contributed by atoms with E-state index in [1.54, 1.807) is 12.3 Å². The molecular formula is C27H33N5O2. The summed E-state index contributed by atoms with van der Waals surface area (Å²) in [6.45, 7) is 4.83. The Labute approximate surface area is 200 Å². The van der Waals surface area contributed by atoms with Gasteiger partial charge < -0.3 is 15.2 Å². The van der Waals surface area contributed by atoms with E-state index >= 15 is 0 Å². The van der Waals surface area contributed by atoms with Gasteiger partial charge in [-0.05, 0) is 54.4 Å². The monoisotopic (exact) mass is 459 g/mol. The molecule has 1 atom stereocenters. The Hall–Kier alpha value is -3.22. The lowest BCUT2D eigenvalue weighted by atomic mass is 9.84. The summed E-state index contributed by atoms with van der Waals surface area (Å²) < 4.78 is 2.11. The summed E-state index contributed by atoms with van der Waals surface area (Å²) in [6, 6.07) is 7.58. The van der Waals surface area contributed by atoms with Crippen LogP contribution in [0.5, 0.6) is 0 Å². The maximum atomic E-state index is 13.5. The van der Waals surface area contributed by atoms with Crippen LogP contribution in [0.3, 0.4) is 0 Å². The van der Waals surface area contributed by atoms with E-state index in [1.807, 2.05) is 24.4 Å². The highest BCUT2D eigenvalue weighted by molar-refractivity contribution is 6.07. The topological polar surface area (TPSA) is 88.9 Å². The number of benzene rings is 1. The Bertz CT molecular complexity index is 1210. The van der Waals surface area contributed by atoms with Crippen molar-refractivity contribution in [1.82, 2.24) is 19.9 Å². The first-order chi connectivity index (χ1) is 16.5. The first-order valence-electron chi connectivity index (χ1n) is 12.5. The van der Waals surface area contributed by atoms with Crippen LogP contribution in [0.15, 0.2) is 36.7 Å². The predicted octanol–water partition coefficient (Wildman–Crippen LogP) is 4.70. The second-order valence-electron chi connectivity index (χ2n) is 9.94. The number of imidazole rings is 1. The van der Waals surface area contributed by atoms with Crippen LogP contribution in [-0.2, 0) is 17.8 Å². The van der Waals surface area contributed by atoms with Gasteiger partial charge in [0.15, 0.2) is 0 Å². The van der Waals surface area contributed by atoms with Crippen LogP contribution in [0.2, 0.25) is 0 Å². The minimum absolute atomic E-state index is 0.106. The highest BCUT2D eigenvalue weighted by Gasteiger charge is 2.53. The second-order valence-corrected chi connectivity index (χ2v) is 9.94. The number of nitrogens with one attached hydrogen (secondary N) is 2. The number of hydrogen-bond donors (Lipinski definition) is 2. The Balaban J connectivity index is 1.48. The van der Waals surface area contributed by atoms with Gasteiger partial charge in [0, 0.05) is 38.0 Å². The van der Waals surface area contributed by atoms with Crippen molar-refractivity contribution in [3.05, 3.63) is 53.6 Å². The summed E-state index contributed by atoms with van der Waals surface area (Å²) in [6.07, 6.45) is 12.1. The van der Waals surface area contributed by atoms with E-state index in [1.165, 1.54) is 45.4 Å². The summed E-state index contributed by atoms with van der Waals surface area (Å²) in [5.41, 5.74) is 4.18. The molecule has 2 saturated carbocycles. The zero-order valence-electron chi connectivity index (χ0n) is 20.1. The van der Waals surface area contributed by atoms with Gasteiger partial charge in [-0.1, -0.05) is 32.3 Å². The molecule has 7 nitrogen and oxygen atoms in total. The molecule has 178 valence electrons. The lowest BCUT2D eigenvalue weighted by molar-refractivity contribution is -0.114. The average Bonchev–Trinajstić information content (AvgIpc) is 3.37. The van der Waals surface area contributed by atoms with Crippen molar-refractivity contribution in [2.45, 2.75) is 65.3 Å². The number of aryl methyl sites for hydroxylation is 1. The highest BCUT2D eigenvalue weighted by atomic mass is 16.2.